The van der Waals surface area contributed by atoms with Gasteiger partial charge in [0.1, 0.15) is 11.6 Å². The molecule has 1 aliphatic rings. The predicted octanol–water partition coefficient (Wildman–Crippen LogP) is 5.64. The number of nitrogens with zero attached hydrogens (tertiary/aromatic N) is 2. The SMILES string of the molecule is COCc1c(C(=O)Nc2cccc(-c3cn4c(n3)CCCC4)c2)sc2cccc(F)c12. The van der Waals surface area contributed by atoms with Crippen LogP contribution >= 0.6 is 11.3 Å². The summed E-state index contributed by atoms with van der Waals surface area (Å²) in [6, 6.07) is 12.6. The number of hydrogen-bond acceptors (Lipinski definition) is 4. The van der Waals surface area contributed by atoms with Crippen LogP contribution in [-0.2, 0) is 24.3 Å². The monoisotopic (exact) mass is 435 g/mol. The maximum atomic E-state index is 14.4. The molecule has 5 rings (SSSR count). The van der Waals surface area contributed by atoms with Crippen LogP contribution in [-0.4, -0.2) is 22.6 Å². The molecule has 0 spiro atoms. The molecule has 31 heavy (non-hydrogen) atoms. The molecule has 7 heteroatoms. The number of fused-ring (bicyclic) bond motifs is 2. The Hall–Kier alpha value is -3.03. The van der Waals surface area contributed by atoms with Gasteiger partial charge in [0.05, 0.1) is 17.2 Å². The Morgan fingerprint density at radius 1 is 1.26 bits per heavy atom. The largest absolute Gasteiger partial charge is 0.380 e. The lowest BCUT2D eigenvalue weighted by Crippen LogP contribution is -2.12. The Balaban J connectivity index is 1.45. The average Bonchev–Trinajstić information content (AvgIpc) is 3.37. The standard InChI is InChI=1S/C24H22FN3O2S/c1-30-14-17-22-18(25)8-5-9-20(22)31-23(17)24(29)26-16-7-4-6-15(12-16)19-13-28-11-3-2-10-21(28)27-19/h4-9,12-13H,2-3,10-11,14H2,1H3,(H,26,29). The number of aromatic nitrogens is 2. The molecule has 2 aromatic heterocycles. The topological polar surface area (TPSA) is 56.1 Å². The molecule has 0 saturated heterocycles. The summed E-state index contributed by atoms with van der Waals surface area (Å²) in [5.41, 5.74) is 3.13. The first-order valence-electron chi connectivity index (χ1n) is 10.3. The van der Waals surface area contributed by atoms with E-state index in [0.717, 1.165) is 34.7 Å². The fourth-order valence-electron chi connectivity index (χ4n) is 4.13. The third kappa shape index (κ3) is 3.75. The normalized spacial score (nSPS) is 13.4. The zero-order valence-electron chi connectivity index (χ0n) is 17.2. The summed E-state index contributed by atoms with van der Waals surface area (Å²) in [6.07, 6.45) is 5.44. The Bertz CT molecular complexity index is 1250. The van der Waals surface area contributed by atoms with Gasteiger partial charge < -0.3 is 14.6 Å². The molecule has 0 aliphatic carbocycles. The Labute approximate surface area is 183 Å². The summed E-state index contributed by atoms with van der Waals surface area (Å²) in [7, 11) is 1.54. The maximum absolute atomic E-state index is 14.4. The van der Waals surface area contributed by atoms with E-state index in [1.807, 2.05) is 30.3 Å². The minimum atomic E-state index is -0.342. The van der Waals surface area contributed by atoms with Crippen LogP contribution in [0.2, 0.25) is 0 Å². The Morgan fingerprint density at radius 2 is 2.13 bits per heavy atom. The molecule has 2 aromatic carbocycles. The maximum Gasteiger partial charge on any atom is 0.266 e. The van der Waals surface area contributed by atoms with E-state index in [0.29, 0.717) is 21.5 Å². The molecule has 0 radical (unpaired) electrons. The number of anilines is 1. The van der Waals surface area contributed by atoms with E-state index in [1.54, 1.807) is 13.2 Å². The number of benzene rings is 2. The lowest BCUT2D eigenvalue weighted by molar-refractivity contribution is 0.102. The van der Waals surface area contributed by atoms with Gasteiger partial charge in [-0.05, 0) is 37.1 Å². The molecule has 0 unspecified atom stereocenters. The highest BCUT2D eigenvalue weighted by Crippen LogP contribution is 2.34. The average molecular weight is 436 g/mol. The summed E-state index contributed by atoms with van der Waals surface area (Å²) in [6.45, 7) is 1.17. The second kappa shape index (κ2) is 8.24. The van der Waals surface area contributed by atoms with Crippen LogP contribution in [0.4, 0.5) is 10.1 Å². The number of aryl methyl sites for hydroxylation is 2. The molecule has 4 aromatic rings. The first-order chi connectivity index (χ1) is 15.1. The van der Waals surface area contributed by atoms with Crippen LogP contribution < -0.4 is 5.32 Å². The third-order valence-electron chi connectivity index (χ3n) is 5.58. The molecule has 5 nitrogen and oxygen atoms in total. The number of hydrogen-bond donors (Lipinski definition) is 1. The van der Waals surface area contributed by atoms with E-state index in [9.17, 15) is 9.18 Å². The van der Waals surface area contributed by atoms with E-state index in [2.05, 4.69) is 16.1 Å². The highest BCUT2D eigenvalue weighted by molar-refractivity contribution is 7.21. The van der Waals surface area contributed by atoms with E-state index in [-0.39, 0.29) is 18.3 Å². The lowest BCUT2D eigenvalue weighted by Gasteiger charge is -2.11. The van der Waals surface area contributed by atoms with Crippen LogP contribution in [0.5, 0.6) is 0 Å². The van der Waals surface area contributed by atoms with Gasteiger partial charge in [0.2, 0.25) is 0 Å². The molecule has 0 saturated carbocycles. The minimum absolute atomic E-state index is 0.171. The number of rotatable bonds is 5. The second-order valence-corrected chi connectivity index (χ2v) is 8.74. The van der Waals surface area contributed by atoms with Crippen molar-refractivity contribution in [3.8, 4) is 11.3 Å². The molecular formula is C24H22FN3O2S. The predicted molar refractivity (Wildman–Crippen MR) is 121 cm³/mol. The van der Waals surface area contributed by atoms with Gasteiger partial charge >= 0.3 is 0 Å². The molecule has 0 bridgehead atoms. The first kappa shape index (κ1) is 19.9. The van der Waals surface area contributed by atoms with Crippen molar-refractivity contribution in [2.45, 2.75) is 32.4 Å². The fourth-order valence-corrected chi connectivity index (χ4v) is 5.25. The van der Waals surface area contributed by atoms with Crippen molar-refractivity contribution in [2.75, 3.05) is 12.4 Å². The number of imidazole rings is 1. The van der Waals surface area contributed by atoms with Crippen molar-refractivity contribution in [2.24, 2.45) is 0 Å². The number of thiophene rings is 1. The number of carbonyl (C=O) groups excluding carboxylic acids is 1. The number of methoxy groups -OCH3 is 1. The van der Waals surface area contributed by atoms with Crippen LogP contribution in [0.3, 0.4) is 0 Å². The van der Waals surface area contributed by atoms with Crippen LogP contribution in [0, 0.1) is 5.82 Å². The van der Waals surface area contributed by atoms with Crippen LogP contribution in [0.1, 0.15) is 33.9 Å². The highest BCUT2D eigenvalue weighted by atomic mass is 32.1. The van der Waals surface area contributed by atoms with Gasteiger partial charge in [-0.15, -0.1) is 11.3 Å². The zero-order valence-corrected chi connectivity index (χ0v) is 18.0. The Morgan fingerprint density at radius 3 is 2.97 bits per heavy atom. The summed E-state index contributed by atoms with van der Waals surface area (Å²) in [5.74, 6) is 0.506. The van der Waals surface area contributed by atoms with Crippen LogP contribution in [0.15, 0.2) is 48.7 Å². The van der Waals surface area contributed by atoms with E-state index in [4.69, 9.17) is 9.72 Å². The highest BCUT2D eigenvalue weighted by Gasteiger charge is 2.21. The number of nitrogens with one attached hydrogen (secondary N) is 1. The molecule has 1 amide bonds. The van der Waals surface area contributed by atoms with Gasteiger partial charge in [-0.25, -0.2) is 9.37 Å². The number of halogens is 1. The third-order valence-corrected chi connectivity index (χ3v) is 6.78. The van der Waals surface area contributed by atoms with Crippen molar-refractivity contribution in [3.63, 3.8) is 0 Å². The van der Waals surface area contributed by atoms with Gasteiger partial charge in [-0.3, -0.25) is 4.79 Å². The second-order valence-electron chi connectivity index (χ2n) is 7.68. The number of ether oxygens (including phenoxy) is 1. The van der Waals surface area contributed by atoms with Gasteiger partial charge in [-0.1, -0.05) is 18.2 Å². The van der Waals surface area contributed by atoms with Crippen molar-refractivity contribution >= 4 is 33.0 Å². The lowest BCUT2D eigenvalue weighted by atomic mass is 10.1. The Kier molecular flexibility index (Phi) is 5.29. The molecule has 1 N–H and O–H groups in total. The van der Waals surface area contributed by atoms with Crippen LogP contribution in [0.25, 0.3) is 21.3 Å². The fraction of sp³-hybridized carbons (Fsp3) is 0.250. The van der Waals surface area contributed by atoms with Gasteiger partial charge in [0.25, 0.3) is 5.91 Å². The van der Waals surface area contributed by atoms with E-state index < -0.39 is 0 Å². The van der Waals surface area contributed by atoms with Gasteiger partial charge in [0, 0.05) is 53.2 Å². The molecule has 1 aliphatic heterocycles. The smallest absolute Gasteiger partial charge is 0.266 e. The van der Waals surface area contributed by atoms with E-state index in [1.165, 1.54) is 30.2 Å². The van der Waals surface area contributed by atoms with Crippen molar-refractivity contribution in [3.05, 3.63) is 70.7 Å². The summed E-state index contributed by atoms with van der Waals surface area (Å²) < 4.78 is 22.6. The van der Waals surface area contributed by atoms with Gasteiger partial charge in [-0.2, -0.15) is 0 Å². The van der Waals surface area contributed by atoms with Crippen molar-refractivity contribution in [1.82, 2.24) is 9.55 Å². The molecule has 0 atom stereocenters. The first-order valence-corrected chi connectivity index (χ1v) is 11.1. The molecule has 3 heterocycles. The summed E-state index contributed by atoms with van der Waals surface area (Å²) in [4.78, 5) is 18.3. The summed E-state index contributed by atoms with van der Waals surface area (Å²) in [5, 5.41) is 3.42. The molecule has 158 valence electrons. The summed E-state index contributed by atoms with van der Waals surface area (Å²) >= 11 is 1.28. The van der Waals surface area contributed by atoms with Gasteiger partial charge in [0.15, 0.2) is 0 Å². The number of amides is 1. The molecular weight excluding hydrogens is 413 g/mol. The zero-order chi connectivity index (χ0) is 21.4. The van der Waals surface area contributed by atoms with Crippen molar-refractivity contribution < 1.29 is 13.9 Å². The number of carbonyl (C=O) groups is 1. The van der Waals surface area contributed by atoms with Crippen molar-refractivity contribution in [1.29, 1.82) is 0 Å². The quantitative estimate of drug-likeness (QED) is 0.441. The minimum Gasteiger partial charge on any atom is -0.380 e. The molecule has 0 fully saturated rings. The van der Waals surface area contributed by atoms with E-state index >= 15 is 0 Å².